The zero-order valence-corrected chi connectivity index (χ0v) is 7.13. The Balaban J connectivity index is 3.41. The van der Waals surface area contributed by atoms with Gasteiger partial charge in [-0.1, -0.05) is 0 Å². The topological polar surface area (TPSA) is 17.1 Å². The fraction of sp³-hybridized carbons (Fsp3) is 0. The summed E-state index contributed by atoms with van der Waals surface area (Å²) in [6.45, 7) is 0. The molecule has 0 fully saturated rings. The summed E-state index contributed by atoms with van der Waals surface area (Å²) >= 11 is 4.12. The molecule has 0 aliphatic heterocycles. The van der Waals surface area contributed by atoms with Gasteiger partial charge in [0.05, 0.1) is 1.59 Å². The molecule has 0 aliphatic carbocycles. The SMILES string of the molecule is O=CC=C(I)I. The lowest BCUT2D eigenvalue weighted by molar-refractivity contribution is -0.104. The van der Waals surface area contributed by atoms with Gasteiger partial charge >= 0.3 is 0 Å². The smallest absolute Gasteiger partial charge is 0.144 e. The quantitative estimate of drug-likeness (QED) is 0.411. The summed E-state index contributed by atoms with van der Waals surface area (Å²) in [6, 6.07) is 0. The van der Waals surface area contributed by atoms with Crippen LogP contribution in [0.1, 0.15) is 0 Å². The van der Waals surface area contributed by atoms with Crippen LogP contribution in [-0.2, 0) is 4.79 Å². The third-order valence-corrected chi connectivity index (χ3v) is 0.913. The van der Waals surface area contributed by atoms with Gasteiger partial charge in [-0.05, 0) is 51.3 Å². The monoisotopic (exact) mass is 308 g/mol. The Morgan fingerprint density at radius 3 is 2.00 bits per heavy atom. The summed E-state index contributed by atoms with van der Waals surface area (Å²) in [5.74, 6) is 0. The Bertz CT molecular complexity index is 72.9. The maximum Gasteiger partial charge on any atom is 0.144 e. The third-order valence-electron chi connectivity index (χ3n) is 0.194. The largest absolute Gasteiger partial charge is 0.299 e. The Morgan fingerprint density at radius 2 is 2.00 bits per heavy atom. The minimum Gasteiger partial charge on any atom is -0.299 e. The van der Waals surface area contributed by atoms with Gasteiger partial charge in [-0.2, -0.15) is 0 Å². The van der Waals surface area contributed by atoms with E-state index in [1.807, 2.05) is 0 Å². The second kappa shape index (κ2) is 4.04. The molecular formula is C3H2I2O. The lowest BCUT2D eigenvalue weighted by atomic mass is 10.8. The van der Waals surface area contributed by atoms with Gasteiger partial charge in [-0.3, -0.25) is 4.79 Å². The number of allylic oxidation sites excluding steroid dienone is 1. The standard InChI is InChI=1S/C3H2I2O/c4-3(5)1-2-6/h1-2H. The van der Waals surface area contributed by atoms with Crippen molar-refractivity contribution < 1.29 is 4.79 Å². The molecule has 0 saturated carbocycles. The lowest BCUT2D eigenvalue weighted by Crippen LogP contribution is -1.54. The van der Waals surface area contributed by atoms with E-state index < -0.39 is 0 Å². The van der Waals surface area contributed by atoms with Crippen molar-refractivity contribution in [3.8, 4) is 0 Å². The summed E-state index contributed by atoms with van der Waals surface area (Å²) in [5.41, 5.74) is 0. The van der Waals surface area contributed by atoms with Crippen molar-refractivity contribution in [2.24, 2.45) is 0 Å². The van der Waals surface area contributed by atoms with Crippen LogP contribution in [0.3, 0.4) is 0 Å². The second-order valence-electron chi connectivity index (χ2n) is 0.592. The first-order valence-corrected chi connectivity index (χ1v) is 3.39. The molecule has 0 rings (SSSR count). The Kier molecular flexibility index (Phi) is 4.63. The highest BCUT2D eigenvalue weighted by molar-refractivity contribution is 14.2. The molecule has 0 aromatic rings. The van der Waals surface area contributed by atoms with Gasteiger partial charge in [0.1, 0.15) is 6.29 Å². The zero-order valence-electron chi connectivity index (χ0n) is 2.82. The molecule has 0 amide bonds. The van der Waals surface area contributed by atoms with Gasteiger partial charge in [0, 0.05) is 0 Å². The first kappa shape index (κ1) is 6.87. The second-order valence-corrected chi connectivity index (χ2v) is 4.98. The molecule has 0 unspecified atom stereocenters. The molecule has 0 saturated heterocycles. The fourth-order valence-electron chi connectivity index (χ4n) is 0.0514. The molecular weight excluding hydrogens is 306 g/mol. The molecule has 0 aromatic heterocycles. The molecule has 0 spiro atoms. The van der Waals surface area contributed by atoms with Crippen LogP contribution in [0.4, 0.5) is 0 Å². The number of carbonyl (C=O) groups excluding carboxylic acids is 1. The van der Waals surface area contributed by atoms with Gasteiger partial charge in [0.25, 0.3) is 0 Å². The molecule has 0 N–H and O–H groups in total. The van der Waals surface area contributed by atoms with Crippen LogP contribution in [0.25, 0.3) is 0 Å². The van der Waals surface area contributed by atoms with E-state index in [0.717, 1.165) is 7.87 Å². The van der Waals surface area contributed by atoms with E-state index in [4.69, 9.17) is 0 Å². The van der Waals surface area contributed by atoms with E-state index in [0.29, 0.717) is 0 Å². The van der Waals surface area contributed by atoms with Crippen LogP contribution in [-0.4, -0.2) is 6.29 Å². The Labute approximate surface area is 63.5 Å². The average Bonchev–Trinajstić information content (AvgIpc) is 1.35. The predicted octanol–water partition coefficient (Wildman–Crippen LogP) is 1.90. The molecule has 6 heavy (non-hydrogen) atoms. The van der Waals surface area contributed by atoms with Crippen LogP contribution in [0.5, 0.6) is 0 Å². The van der Waals surface area contributed by atoms with Crippen LogP contribution in [0, 0.1) is 0 Å². The summed E-state index contributed by atoms with van der Waals surface area (Å²) in [4.78, 5) is 9.53. The number of rotatable bonds is 1. The first-order chi connectivity index (χ1) is 2.77. The van der Waals surface area contributed by atoms with Gasteiger partial charge < -0.3 is 0 Å². The maximum atomic E-state index is 9.53. The minimum atomic E-state index is 0.772. The lowest BCUT2D eigenvalue weighted by Gasteiger charge is -1.67. The maximum absolute atomic E-state index is 9.53. The normalized spacial score (nSPS) is 7.00. The molecule has 34 valence electrons. The molecule has 0 bridgehead atoms. The van der Waals surface area contributed by atoms with E-state index in [-0.39, 0.29) is 0 Å². The molecule has 0 radical (unpaired) electrons. The molecule has 3 heteroatoms. The fourth-order valence-corrected chi connectivity index (χ4v) is 0.345. The van der Waals surface area contributed by atoms with Crippen molar-refractivity contribution in [2.45, 2.75) is 0 Å². The number of carbonyl (C=O) groups is 1. The van der Waals surface area contributed by atoms with E-state index in [9.17, 15) is 4.79 Å². The van der Waals surface area contributed by atoms with E-state index in [1.165, 1.54) is 6.08 Å². The number of hydrogen-bond donors (Lipinski definition) is 0. The number of aldehydes is 1. The van der Waals surface area contributed by atoms with Crippen molar-refractivity contribution in [1.82, 2.24) is 0 Å². The van der Waals surface area contributed by atoms with Gasteiger partial charge in [0.2, 0.25) is 0 Å². The van der Waals surface area contributed by atoms with Crippen LogP contribution in [0.2, 0.25) is 0 Å². The highest BCUT2D eigenvalue weighted by Crippen LogP contribution is 2.12. The molecule has 0 aliphatic rings. The zero-order chi connectivity index (χ0) is 4.99. The number of halogens is 2. The van der Waals surface area contributed by atoms with E-state index in [2.05, 4.69) is 45.2 Å². The Morgan fingerprint density at radius 1 is 1.50 bits per heavy atom. The first-order valence-electron chi connectivity index (χ1n) is 1.24. The van der Waals surface area contributed by atoms with E-state index in [1.54, 1.807) is 0 Å². The van der Waals surface area contributed by atoms with Crippen LogP contribution >= 0.6 is 45.2 Å². The number of hydrogen-bond acceptors (Lipinski definition) is 1. The van der Waals surface area contributed by atoms with Crippen molar-refractivity contribution >= 4 is 51.5 Å². The van der Waals surface area contributed by atoms with Crippen LogP contribution < -0.4 is 0 Å². The Hall–Kier alpha value is 0.870. The predicted molar refractivity (Wildman–Crippen MR) is 42.2 cm³/mol. The molecule has 0 aromatic carbocycles. The summed E-state index contributed by atoms with van der Waals surface area (Å²) in [5, 5.41) is 0. The van der Waals surface area contributed by atoms with Crippen molar-refractivity contribution in [1.29, 1.82) is 0 Å². The van der Waals surface area contributed by atoms with Crippen molar-refractivity contribution in [3.63, 3.8) is 0 Å². The van der Waals surface area contributed by atoms with Gasteiger partial charge in [-0.15, -0.1) is 0 Å². The molecule has 0 atom stereocenters. The van der Waals surface area contributed by atoms with Gasteiger partial charge in [0.15, 0.2) is 0 Å². The molecule has 0 heterocycles. The summed E-state index contributed by atoms with van der Waals surface area (Å²) < 4.78 is 0.986. The summed E-state index contributed by atoms with van der Waals surface area (Å²) in [7, 11) is 0. The van der Waals surface area contributed by atoms with Gasteiger partial charge in [-0.25, -0.2) is 0 Å². The average molecular weight is 308 g/mol. The third kappa shape index (κ3) is 4.87. The van der Waals surface area contributed by atoms with E-state index >= 15 is 0 Å². The van der Waals surface area contributed by atoms with Crippen LogP contribution in [0.15, 0.2) is 7.66 Å². The van der Waals surface area contributed by atoms with Crippen molar-refractivity contribution in [2.75, 3.05) is 0 Å². The summed E-state index contributed by atoms with van der Waals surface area (Å²) in [6.07, 6.45) is 2.27. The highest BCUT2D eigenvalue weighted by atomic mass is 127. The minimum absolute atomic E-state index is 0.772. The highest BCUT2D eigenvalue weighted by Gasteiger charge is 1.72. The van der Waals surface area contributed by atoms with Crippen molar-refractivity contribution in [3.05, 3.63) is 7.66 Å². The molecule has 1 nitrogen and oxygen atoms in total.